The molecule has 0 radical (unpaired) electrons. The Balaban J connectivity index is 1.32. The third-order valence-corrected chi connectivity index (χ3v) is 5.22. The second kappa shape index (κ2) is 7.88. The van der Waals surface area contributed by atoms with Crippen molar-refractivity contribution in [1.29, 1.82) is 0 Å². The molecule has 3 heterocycles. The van der Waals surface area contributed by atoms with Gasteiger partial charge in [0.25, 0.3) is 0 Å². The lowest BCUT2D eigenvalue weighted by atomic mass is 9.99. The molecule has 6 nitrogen and oxygen atoms in total. The van der Waals surface area contributed by atoms with Crippen LogP contribution in [0, 0.1) is 5.92 Å². The quantitative estimate of drug-likeness (QED) is 0.728. The summed E-state index contributed by atoms with van der Waals surface area (Å²) in [6.45, 7) is 1.74. The number of likely N-dealkylation sites (tertiary alicyclic amines) is 1. The molecule has 0 bridgehead atoms. The molecule has 27 heavy (non-hydrogen) atoms. The molecule has 0 spiro atoms. The maximum atomic E-state index is 12.5. The van der Waals surface area contributed by atoms with E-state index in [1.807, 2.05) is 47.3 Å². The third-order valence-electron chi connectivity index (χ3n) is 5.22. The molecule has 1 aromatic carbocycles. The monoisotopic (exact) mass is 364 g/mol. The van der Waals surface area contributed by atoms with Crippen molar-refractivity contribution < 1.29 is 9.90 Å². The highest BCUT2D eigenvalue weighted by molar-refractivity contribution is 5.78. The average molecular weight is 364 g/mol. The first-order valence-corrected chi connectivity index (χ1v) is 9.47. The summed E-state index contributed by atoms with van der Waals surface area (Å²) in [4.78, 5) is 18.9. The summed E-state index contributed by atoms with van der Waals surface area (Å²) < 4.78 is 1.83. The molecule has 1 aliphatic heterocycles. The summed E-state index contributed by atoms with van der Waals surface area (Å²) in [6, 6.07) is 14.0. The predicted octanol–water partition coefficient (Wildman–Crippen LogP) is 2.27. The number of amides is 1. The van der Waals surface area contributed by atoms with Gasteiger partial charge in [0, 0.05) is 55.4 Å². The molecule has 4 rings (SSSR count). The van der Waals surface area contributed by atoms with Crippen LogP contribution in [-0.2, 0) is 17.8 Å². The minimum absolute atomic E-state index is 0.0359. The molecule has 1 N–H and O–H groups in total. The largest absolute Gasteiger partial charge is 0.391 e. The number of carbonyl (C=O) groups excluding carboxylic acids is 1. The maximum absolute atomic E-state index is 12.5. The van der Waals surface area contributed by atoms with Gasteiger partial charge in [0.2, 0.25) is 5.91 Å². The Bertz CT molecular complexity index is 909. The van der Waals surface area contributed by atoms with Gasteiger partial charge in [-0.25, -0.2) is 0 Å². The van der Waals surface area contributed by atoms with Crippen molar-refractivity contribution in [2.24, 2.45) is 5.92 Å². The highest BCUT2D eigenvalue weighted by atomic mass is 16.3. The number of rotatable bonds is 6. The van der Waals surface area contributed by atoms with Gasteiger partial charge in [-0.3, -0.25) is 14.5 Å². The number of benzene rings is 1. The fourth-order valence-corrected chi connectivity index (χ4v) is 3.73. The Kier molecular flexibility index (Phi) is 5.16. The minimum atomic E-state index is -0.492. The van der Waals surface area contributed by atoms with E-state index in [0.29, 0.717) is 25.9 Å². The Morgan fingerprint density at radius 3 is 2.89 bits per heavy atom. The van der Waals surface area contributed by atoms with E-state index in [1.54, 1.807) is 11.1 Å². The standard InChI is InChI=1S/C21H24N4O2/c26-20-15-24(21(27)7-3-11-25-12-4-10-22-25)14-17(20)13-18-9-8-16-5-1-2-6-19(16)23-18/h1-2,4-6,8-10,12,17,20,26H,3,7,11,13-15H2/t17-,20-/m1/s1. The number of carbonyl (C=O) groups is 1. The van der Waals surface area contributed by atoms with E-state index < -0.39 is 6.10 Å². The van der Waals surface area contributed by atoms with Gasteiger partial charge in [0.1, 0.15) is 0 Å². The first kappa shape index (κ1) is 17.7. The molecule has 1 fully saturated rings. The zero-order chi connectivity index (χ0) is 18.6. The summed E-state index contributed by atoms with van der Waals surface area (Å²) in [5, 5.41) is 15.7. The van der Waals surface area contributed by atoms with Gasteiger partial charge in [0.15, 0.2) is 0 Å². The lowest BCUT2D eigenvalue weighted by molar-refractivity contribution is -0.130. The molecular weight excluding hydrogens is 340 g/mol. The zero-order valence-corrected chi connectivity index (χ0v) is 15.2. The number of aliphatic hydroxyl groups is 1. The van der Waals surface area contributed by atoms with E-state index >= 15 is 0 Å². The summed E-state index contributed by atoms with van der Waals surface area (Å²) in [6.07, 6.45) is 5.06. The first-order valence-electron chi connectivity index (χ1n) is 9.47. The van der Waals surface area contributed by atoms with Crippen LogP contribution in [0.15, 0.2) is 54.9 Å². The van der Waals surface area contributed by atoms with E-state index in [1.165, 1.54) is 0 Å². The van der Waals surface area contributed by atoms with E-state index in [0.717, 1.165) is 29.6 Å². The lowest BCUT2D eigenvalue weighted by Gasteiger charge is -2.16. The number of aromatic nitrogens is 3. The molecule has 0 saturated carbocycles. The molecule has 1 amide bonds. The van der Waals surface area contributed by atoms with Crippen LogP contribution in [0.2, 0.25) is 0 Å². The van der Waals surface area contributed by atoms with Gasteiger partial charge in [0.05, 0.1) is 11.6 Å². The van der Waals surface area contributed by atoms with Gasteiger partial charge in [-0.15, -0.1) is 0 Å². The minimum Gasteiger partial charge on any atom is -0.391 e. The number of hydrogen-bond donors (Lipinski definition) is 1. The lowest BCUT2D eigenvalue weighted by Crippen LogP contribution is -2.29. The molecule has 3 aromatic rings. The van der Waals surface area contributed by atoms with Crippen LogP contribution in [0.4, 0.5) is 0 Å². The van der Waals surface area contributed by atoms with Gasteiger partial charge < -0.3 is 10.0 Å². The van der Waals surface area contributed by atoms with Crippen molar-refractivity contribution >= 4 is 16.8 Å². The van der Waals surface area contributed by atoms with Crippen LogP contribution in [0.5, 0.6) is 0 Å². The van der Waals surface area contributed by atoms with Gasteiger partial charge in [-0.1, -0.05) is 24.3 Å². The molecule has 1 saturated heterocycles. The molecule has 0 aliphatic carbocycles. The predicted molar refractivity (Wildman–Crippen MR) is 103 cm³/mol. The fraction of sp³-hybridized carbons (Fsp3) is 0.381. The highest BCUT2D eigenvalue weighted by Gasteiger charge is 2.33. The van der Waals surface area contributed by atoms with Crippen LogP contribution >= 0.6 is 0 Å². The first-order chi connectivity index (χ1) is 13.2. The topological polar surface area (TPSA) is 71.2 Å². The Morgan fingerprint density at radius 1 is 1.15 bits per heavy atom. The van der Waals surface area contributed by atoms with Crippen LogP contribution in [0.3, 0.4) is 0 Å². The SMILES string of the molecule is O=C(CCCn1cccn1)N1C[C@@H](Cc2ccc3ccccc3n2)[C@H](O)C1. The number of para-hydroxylation sites is 1. The van der Waals surface area contributed by atoms with Gasteiger partial charge in [-0.05, 0) is 31.0 Å². The summed E-state index contributed by atoms with van der Waals surface area (Å²) >= 11 is 0. The second-order valence-electron chi connectivity index (χ2n) is 7.20. The van der Waals surface area contributed by atoms with Crippen LogP contribution in [0.1, 0.15) is 18.5 Å². The molecule has 2 aromatic heterocycles. The van der Waals surface area contributed by atoms with E-state index in [2.05, 4.69) is 11.2 Å². The Hall–Kier alpha value is -2.73. The number of hydrogen-bond acceptors (Lipinski definition) is 4. The molecule has 1 aliphatic rings. The van der Waals surface area contributed by atoms with Crippen molar-refractivity contribution in [3.63, 3.8) is 0 Å². The van der Waals surface area contributed by atoms with E-state index in [-0.39, 0.29) is 11.8 Å². The van der Waals surface area contributed by atoms with Gasteiger partial charge >= 0.3 is 0 Å². The Morgan fingerprint density at radius 2 is 2.04 bits per heavy atom. The maximum Gasteiger partial charge on any atom is 0.222 e. The average Bonchev–Trinajstić information content (AvgIpc) is 3.32. The van der Waals surface area contributed by atoms with Crippen LogP contribution < -0.4 is 0 Å². The number of pyridine rings is 1. The fourth-order valence-electron chi connectivity index (χ4n) is 3.73. The smallest absolute Gasteiger partial charge is 0.222 e. The van der Waals surface area contributed by atoms with Crippen molar-refractivity contribution in [1.82, 2.24) is 19.7 Å². The zero-order valence-electron chi connectivity index (χ0n) is 15.2. The highest BCUT2D eigenvalue weighted by Crippen LogP contribution is 2.23. The van der Waals surface area contributed by atoms with Crippen molar-refractivity contribution in [3.05, 3.63) is 60.6 Å². The summed E-state index contributed by atoms with van der Waals surface area (Å²) in [5.41, 5.74) is 1.93. The molecular formula is C21H24N4O2. The van der Waals surface area contributed by atoms with Crippen LogP contribution in [0.25, 0.3) is 10.9 Å². The molecule has 0 unspecified atom stereocenters. The third kappa shape index (κ3) is 4.17. The van der Waals surface area contributed by atoms with Crippen molar-refractivity contribution in [2.45, 2.75) is 31.9 Å². The number of nitrogens with zero attached hydrogens (tertiary/aromatic N) is 4. The number of β-amino-alcohol motifs (C(OH)–C–C–N with tert-alkyl or cyclic N) is 1. The second-order valence-corrected chi connectivity index (χ2v) is 7.20. The number of aliphatic hydroxyl groups excluding tert-OH is 1. The molecule has 2 atom stereocenters. The number of aryl methyl sites for hydroxylation is 1. The Labute approximate surface area is 158 Å². The van der Waals surface area contributed by atoms with E-state index in [4.69, 9.17) is 4.98 Å². The summed E-state index contributed by atoms with van der Waals surface area (Å²) in [7, 11) is 0. The van der Waals surface area contributed by atoms with Crippen molar-refractivity contribution in [3.8, 4) is 0 Å². The van der Waals surface area contributed by atoms with Crippen molar-refractivity contribution in [2.75, 3.05) is 13.1 Å². The van der Waals surface area contributed by atoms with Gasteiger partial charge in [-0.2, -0.15) is 5.10 Å². The normalized spacial score (nSPS) is 19.7. The number of fused-ring (bicyclic) bond motifs is 1. The molecule has 140 valence electrons. The summed E-state index contributed by atoms with van der Waals surface area (Å²) in [5.74, 6) is 0.143. The van der Waals surface area contributed by atoms with E-state index in [9.17, 15) is 9.90 Å². The van der Waals surface area contributed by atoms with Crippen LogP contribution in [-0.4, -0.2) is 49.9 Å². The molecule has 6 heteroatoms.